The number of aliphatic hydroxyl groups excluding tert-OH is 1. The van der Waals surface area contributed by atoms with E-state index in [1.165, 1.54) is 0 Å². The number of halogens is 3. The molecule has 78 valence electrons. The second-order valence-corrected chi connectivity index (χ2v) is 4.50. The quantitative estimate of drug-likeness (QED) is 0.779. The fraction of sp³-hybridized carbons (Fsp3) is 1.00. The van der Waals surface area contributed by atoms with Gasteiger partial charge in [-0.1, -0.05) is 18.2 Å². The predicted octanol–water partition coefficient (Wildman–Crippen LogP) is 2.79. The molecule has 1 nitrogen and oxygen atoms in total. The molecule has 2 atom stereocenters. The Balaban J connectivity index is 2.12. The highest BCUT2D eigenvalue weighted by Gasteiger charge is 2.30. The molecule has 0 amide bonds. The lowest BCUT2D eigenvalue weighted by Gasteiger charge is -2.14. The molecule has 0 aliphatic heterocycles. The molecule has 0 aromatic rings. The molecular weight excluding hydrogens is 201 g/mol. The molecule has 2 unspecified atom stereocenters. The van der Waals surface area contributed by atoms with Crippen molar-refractivity contribution in [2.45, 2.75) is 37.3 Å². The van der Waals surface area contributed by atoms with Crippen molar-refractivity contribution < 1.29 is 18.3 Å². The average Bonchev–Trinajstić information content (AvgIpc) is 2.34. The zero-order valence-electron chi connectivity index (χ0n) is 7.18. The normalized spacial score (nSPS) is 29.5. The Morgan fingerprint density at radius 3 is 2.46 bits per heavy atom. The summed E-state index contributed by atoms with van der Waals surface area (Å²) < 4.78 is 35.2. The third kappa shape index (κ3) is 4.22. The lowest BCUT2D eigenvalue weighted by atomic mass is 10.0. The van der Waals surface area contributed by atoms with Gasteiger partial charge in [0.1, 0.15) is 0 Å². The summed E-state index contributed by atoms with van der Waals surface area (Å²) in [5, 5.41) is 9.33. The summed E-state index contributed by atoms with van der Waals surface area (Å²) in [6.45, 7) is 0. The molecular formula is C8H13F3OS. The molecule has 1 aliphatic carbocycles. The Hall–Kier alpha value is 0.100. The second kappa shape index (κ2) is 4.55. The highest BCUT2D eigenvalue weighted by atomic mass is 32.2. The van der Waals surface area contributed by atoms with Crippen LogP contribution in [0, 0.1) is 5.92 Å². The first-order valence-corrected chi connectivity index (χ1v) is 5.36. The van der Waals surface area contributed by atoms with Crippen molar-refractivity contribution in [1.29, 1.82) is 0 Å². The van der Waals surface area contributed by atoms with Gasteiger partial charge in [0.05, 0.1) is 6.10 Å². The van der Waals surface area contributed by atoms with Crippen LogP contribution in [0.4, 0.5) is 13.2 Å². The molecule has 13 heavy (non-hydrogen) atoms. The van der Waals surface area contributed by atoms with Gasteiger partial charge in [-0.2, -0.15) is 13.2 Å². The minimum absolute atomic E-state index is 0.0113. The predicted molar refractivity (Wildman–Crippen MR) is 46.5 cm³/mol. The largest absolute Gasteiger partial charge is 0.441 e. The number of alkyl halides is 3. The highest BCUT2D eigenvalue weighted by Crippen LogP contribution is 2.34. The number of thioether (sulfide) groups is 1. The van der Waals surface area contributed by atoms with Crippen LogP contribution in [0.2, 0.25) is 0 Å². The van der Waals surface area contributed by atoms with Gasteiger partial charge >= 0.3 is 5.51 Å². The van der Waals surface area contributed by atoms with Gasteiger partial charge in [0, 0.05) is 5.75 Å². The summed E-state index contributed by atoms with van der Waals surface area (Å²) in [6, 6.07) is 0. The van der Waals surface area contributed by atoms with E-state index in [0.717, 1.165) is 19.3 Å². The first-order valence-electron chi connectivity index (χ1n) is 4.38. The molecule has 0 spiro atoms. The van der Waals surface area contributed by atoms with Gasteiger partial charge in [-0.3, -0.25) is 0 Å². The minimum atomic E-state index is -4.12. The molecule has 1 aliphatic rings. The maximum Gasteiger partial charge on any atom is 0.441 e. The molecule has 0 aromatic heterocycles. The number of hydrogen-bond acceptors (Lipinski definition) is 2. The van der Waals surface area contributed by atoms with Gasteiger partial charge < -0.3 is 5.11 Å². The topological polar surface area (TPSA) is 20.2 Å². The molecule has 5 heteroatoms. The summed E-state index contributed by atoms with van der Waals surface area (Å²) in [5.74, 6) is 0.167. The monoisotopic (exact) mass is 214 g/mol. The third-order valence-electron chi connectivity index (χ3n) is 2.37. The van der Waals surface area contributed by atoms with Crippen LogP contribution in [0.5, 0.6) is 0 Å². The van der Waals surface area contributed by atoms with Gasteiger partial charge in [0.25, 0.3) is 0 Å². The number of hydrogen-bond donors (Lipinski definition) is 1. The maximum absolute atomic E-state index is 11.7. The fourth-order valence-corrected chi connectivity index (χ4v) is 2.33. The van der Waals surface area contributed by atoms with Crippen molar-refractivity contribution >= 4 is 11.8 Å². The molecule has 0 aromatic carbocycles. The smallest absolute Gasteiger partial charge is 0.393 e. The average molecular weight is 214 g/mol. The van der Waals surface area contributed by atoms with E-state index >= 15 is 0 Å². The van der Waals surface area contributed by atoms with Crippen LogP contribution in [0.15, 0.2) is 0 Å². The van der Waals surface area contributed by atoms with Gasteiger partial charge in [0.2, 0.25) is 0 Å². The fourth-order valence-electron chi connectivity index (χ4n) is 1.68. The Labute approximate surface area is 79.7 Å². The number of rotatable bonds is 3. The molecule has 1 rings (SSSR count). The van der Waals surface area contributed by atoms with E-state index in [2.05, 4.69) is 0 Å². The summed E-state index contributed by atoms with van der Waals surface area (Å²) in [6.07, 6.45) is 2.68. The van der Waals surface area contributed by atoms with Crippen molar-refractivity contribution in [2.24, 2.45) is 5.92 Å². The molecule has 1 fully saturated rings. The van der Waals surface area contributed by atoms with Crippen molar-refractivity contribution in [1.82, 2.24) is 0 Å². The van der Waals surface area contributed by atoms with Crippen LogP contribution in [-0.4, -0.2) is 22.5 Å². The molecule has 1 N–H and O–H groups in total. The van der Waals surface area contributed by atoms with Crippen molar-refractivity contribution in [2.75, 3.05) is 5.75 Å². The van der Waals surface area contributed by atoms with Crippen LogP contribution in [0.3, 0.4) is 0 Å². The minimum Gasteiger partial charge on any atom is -0.393 e. The highest BCUT2D eigenvalue weighted by molar-refractivity contribution is 8.00. The zero-order chi connectivity index (χ0) is 9.90. The van der Waals surface area contributed by atoms with E-state index in [1.807, 2.05) is 0 Å². The van der Waals surface area contributed by atoms with Crippen LogP contribution in [-0.2, 0) is 0 Å². The summed E-state index contributed by atoms with van der Waals surface area (Å²) in [4.78, 5) is 0. The van der Waals surface area contributed by atoms with Crippen molar-refractivity contribution in [3.05, 3.63) is 0 Å². The van der Waals surface area contributed by atoms with E-state index < -0.39 is 5.51 Å². The first-order chi connectivity index (χ1) is 5.99. The van der Waals surface area contributed by atoms with Gasteiger partial charge in [-0.05, 0) is 25.2 Å². The zero-order valence-corrected chi connectivity index (χ0v) is 8.00. The van der Waals surface area contributed by atoms with Crippen LogP contribution in [0.25, 0.3) is 0 Å². The third-order valence-corrected chi connectivity index (χ3v) is 3.14. The van der Waals surface area contributed by atoms with Crippen LogP contribution >= 0.6 is 11.8 Å². The van der Waals surface area contributed by atoms with Crippen molar-refractivity contribution in [3.63, 3.8) is 0 Å². The molecule has 1 saturated carbocycles. The van der Waals surface area contributed by atoms with Gasteiger partial charge in [-0.15, -0.1) is 0 Å². The Bertz CT molecular complexity index is 160. The second-order valence-electron chi connectivity index (χ2n) is 3.34. The van der Waals surface area contributed by atoms with E-state index in [9.17, 15) is 18.3 Å². The van der Waals surface area contributed by atoms with E-state index in [4.69, 9.17) is 0 Å². The lowest BCUT2D eigenvalue weighted by Crippen LogP contribution is -2.14. The summed E-state index contributed by atoms with van der Waals surface area (Å²) in [7, 11) is 0. The van der Waals surface area contributed by atoms with Crippen LogP contribution < -0.4 is 0 Å². The molecule has 0 radical (unpaired) electrons. The lowest BCUT2D eigenvalue weighted by molar-refractivity contribution is -0.0329. The van der Waals surface area contributed by atoms with E-state index in [1.54, 1.807) is 0 Å². The Morgan fingerprint density at radius 1 is 1.31 bits per heavy atom. The SMILES string of the molecule is OC1CCCC1CCSC(F)(F)F. The van der Waals surface area contributed by atoms with E-state index in [0.29, 0.717) is 6.42 Å². The van der Waals surface area contributed by atoms with E-state index in [-0.39, 0.29) is 29.5 Å². The van der Waals surface area contributed by atoms with Crippen LogP contribution in [0.1, 0.15) is 25.7 Å². The molecule has 0 heterocycles. The van der Waals surface area contributed by atoms with Gasteiger partial charge in [0.15, 0.2) is 0 Å². The van der Waals surface area contributed by atoms with Gasteiger partial charge in [-0.25, -0.2) is 0 Å². The molecule has 0 bridgehead atoms. The summed E-state index contributed by atoms with van der Waals surface area (Å²) >= 11 is 0.0113. The number of aliphatic hydroxyl groups is 1. The standard InChI is InChI=1S/C8H13F3OS/c9-8(10,11)13-5-4-6-2-1-3-7(6)12/h6-7,12H,1-5H2. The molecule has 0 saturated heterocycles. The summed E-state index contributed by atoms with van der Waals surface area (Å²) in [5.41, 5.74) is -4.12. The first kappa shape index (κ1) is 11.2. The Kier molecular flexibility index (Phi) is 3.91. The van der Waals surface area contributed by atoms with Crippen molar-refractivity contribution in [3.8, 4) is 0 Å². The maximum atomic E-state index is 11.7. The Morgan fingerprint density at radius 2 is 2.00 bits per heavy atom.